The molecule has 0 radical (unpaired) electrons. The first kappa shape index (κ1) is 10.2. The Hall–Kier alpha value is -0.340. The Morgan fingerprint density at radius 3 is 2.71 bits per heavy atom. The van der Waals surface area contributed by atoms with Crippen LogP contribution in [0.15, 0.2) is 12.2 Å². The van der Waals surface area contributed by atoms with Gasteiger partial charge in [-0.05, 0) is 37.5 Å². The molecule has 2 aliphatic rings. The van der Waals surface area contributed by atoms with Gasteiger partial charge in [0.2, 0.25) is 0 Å². The van der Waals surface area contributed by atoms with Crippen molar-refractivity contribution in [1.29, 1.82) is 0 Å². The van der Waals surface area contributed by atoms with E-state index in [-0.39, 0.29) is 0 Å². The van der Waals surface area contributed by atoms with Gasteiger partial charge in [0.25, 0.3) is 0 Å². The molecule has 4 atom stereocenters. The maximum atomic E-state index is 5.82. The molecule has 0 aromatic heterocycles. The van der Waals surface area contributed by atoms with Crippen molar-refractivity contribution in [2.24, 2.45) is 17.6 Å². The first-order chi connectivity index (χ1) is 6.74. The molecule has 2 rings (SSSR count). The Bertz CT molecular complexity index is 212. The van der Waals surface area contributed by atoms with Gasteiger partial charge in [-0.25, -0.2) is 0 Å². The summed E-state index contributed by atoms with van der Waals surface area (Å²) in [5.74, 6) is 1.61. The molecule has 1 saturated carbocycles. The number of rotatable bonds is 3. The van der Waals surface area contributed by atoms with Crippen LogP contribution >= 0.6 is 0 Å². The molecule has 0 aromatic rings. The number of hydrogen-bond donors (Lipinski definition) is 2. The summed E-state index contributed by atoms with van der Waals surface area (Å²) in [5, 5.41) is 3.67. The zero-order valence-corrected chi connectivity index (χ0v) is 9.08. The first-order valence-electron chi connectivity index (χ1n) is 5.91. The Morgan fingerprint density at radius 1 is 1.29 bits per heavy atom. The van der Waals surface area contributed by atoms with Crippen LogP contribution in [0, 0.1) is 11.8 Å². The molecule has 14 heavy (non-hydrogen) atoms. The van der Waals surface area contributed by atoms with E-state index in [0.717, 1.165) is 24.9 Å². The maximum Gasteiger partial charge on any atom is 0.0229 e. The predicted octanol–water partition coefficient (Wildman–Crippen LogP) is 1.67. The minimum absolute atomic E-state index is 0.310. The van der Waals surface area contributed by atoms with Crippen LogP contribution in [0.3, 0.4) is 0 Å². The topological polar surface area (TPSA) is 38.0 Å². The molecule has 4 unspecified atom stereocenters. The summed E-state index contributed by atoms with van der Waals surface area (Å²) in [6.45, 7) is 3.48. The summed E-state index contributed by atoms with van der Waals surface area (Å²) in [5.41, 5.74) is 5.82. The van der Waals surface area contributed by atoms with Crippen LogP contribution in [0.5, 0.6) is 0 Å². The lowest BCUT2D eigenvalue weighted by atomic mass is 10.1. The largest absolute Gasteiger partial charge is 0.324 e. The van der Waals surface area contributed by atoms with Gasteiger partial charge in [0.1, 0.15) is 0 Å². The van der Waals surface area contributed by atoms with E-state index in [0.29, 0.717) is 12.0 Å². The number of nitrogens with one attached hydrogen (secondary N) is 1. The minimum Gasteiger partial charge on any atom is -0.324 e. The van der Waals surface area contributed by atoms with Crippen LogP contribution in [0.1, 0.15) is 32.6 Å². The zero-order valence-electron chi connectivity index (χ0n) is 9.08. The molecular formula is C12H22N2. The van der Waals surface area contributed by atoms with Gasteiger partial charge < -0.3 is 11.1 Å². The monoisotopic (exact) mass is 194 g/mol. The van der Waals surface area contributed by atoms with Gasteiger partial charge in [-0.3, -0.25) is 0 Å². The van der Waals surface area contributed by atoms with Crippen molar-refractivity contribution in [2.75, 3.05) is 6.54 Å². The van der Waals surface area contributed by atoms with Gasteiger partial charge in [0.15, 0.2) is 0 Å². The SMILES string of the molecule is CC1CCC(NCC2C=CC(N)C2)C1. The van der Waals surface area contributed by atoms with E-state index in [9.17, 15) is 0 Å². The lowest BCUT2D eigenvalue weighted by molar-refractivity contribution is 0.451. The summed E-state index contributed by atoms with van der Waals surface area (Å²) < 4.78 is 0. The van der Waals surface area contributed by atoms with E-state index in [1.807, 2.05) is 0 Å². The third-order valence-corrected chi connectivity index (χ3v) is 3.57. The molecule has 0 aliphatic heterocycles. The predicted molar refractivity (Wildman–Crippen MR) is 60.0 cm³/mol. The number of hydrogen-bond acceptors (Lipinski definition) is 2. The molecule has 1 fully saturated rings. The van der Waals surface area contributed by atoms with Crippen LogP contribution < -0.4 is 11.1 Å². The van der Waals surface area contributed by atoms with Gasteiger partial charge in [-0.2, -0.15) is 0 Å². The molecule has 0 heterocycles. The average molecular weight is 194 g/mol. The standard InChI is InChI=1S/C12H22N2/c1-9-2-5-12(6-9)14-8-10-3-4-11(13)7-10/h3-4,9-12,14H,2,5-8,13H2,1H3. The Labute approximate surface area is 86.9 Å². The van der Waals surface area contributed by atoms with Gasteiger partial charge in [0.05, 0.1) is 0 Å². The van der Waals surface area contributed by atoms with Crippen LogP contribution in [-0.2, 0) is 0 Å². The van der Waals surface area contributed by atoms with Crippen molar-refractivity contribution in [1.82, 2.24) is 5.32 Å². The second kappa shape index (κ2) is 4.45. The fraction of sp³-hybridized carbons (Fsp3) is 0.833. The molecule has 0 bridgehead atoms. The Balaban J connectivity index is 1.65. The third-order valence-electron chi connectivity index (χ3n) is 3.57. The molecule has 2 nitrogen and oxygen atoms in total. The smallest absolute Gasteiger partial charge is 0.0229 e. The normalized spacial score (nSPS) is 42.1. The summed E-state index contributed by atoms with van der Waals surface area (Å²) in [6.07, 6.45) is 9.68. The highest BCUT2D eigenvalue weighted by molar-refractivity contribution is 5.05. The van der Waals surface area contributed by atoms with Crippen molar-refractivity contribution < 1.29 is 0 Å². The molecule has 2 heteroatoms. The van der Waals surface area contributed by atoms with Crippen LogP contribution in [0.25, 0.3) is 0 Å². The molecule has 0 amide bonds. The van der Waals surface area contributed by atoms with Crippen molar-refractivity contribution in [3.8, 4) is 0 Å². The van der Waals surface area contributed by atoms with Gasteiger partial charge >= 0.3 is 0 Å². The highest BCUT2D eigenvalue weighted by Gasteiger charge is 2.22. The molecule has 2 aliphatic carbocycles. The van der Waals surface area contributed by atoms with E-state index in [4.69, 9.17) is 5.73 Å². The second-order valence-electron chi connectivity index (χ2n) is 5.07. The van der Waals surface area contributed by atoms with Gasteiger partial charge in [-0.15, -0.1) is 0 Å². The minimum atomic E-state index is 0.310. The van der Waals surface area contributed by atoms with Crippen molar-refractivity contribution >= 4 is 0 Å². The van der Waals surface area contributed by atoms with Crippen LogP contribution in [0.4, 0.5) is 0 Å². The van der Waals surface area contributed by atoms with Crippen LogP contribution in [0.2, 0.25) is 0 Å². The molecule has 3 N–H and O–H groups in total. The highest BCUT2D eigenvalue weighted by Crippen LogP contribution is 2.25. The Kier molecular flexibility index (Phi) is 3.24. The first-order valence-corrected chi connectivity index (χ1v) is 5.91. The van der Waals surface area contributed by atoms with Crippen molar-refractivity contribution in [3.63, 3.8) is 0 Å². The Morgan fingerprint density at radius 2 is 2.14 bits per heavy atom. The third kappa shape index (κ3) is 2.58. The zero-order chi connectivity index (χ0) is 9.97. The highest BCUT2D eigenvalue weighted by atomic mass is 14.9. The van der Waals surface area contributed by atoms with Gasteiger partial charge in [0, 0.05) is 18.6 Å². The summed E-state index contributed by atoms with van der Waals surface area (Å²) in [4.78, 5) is 0. The second-order valence-corrected chi connectivity index (χ2v) is 5.07. The van der Waals surface area contributed by atoms with E-state index >= 15 is 0 Å². The van der Waals surface area contributed by atoms with Crippen LogP contribution in [-0.4, -0.2) is 18.6 Å². The maximum absolute atomic E-state index is 5.82. The molecular weight excluding hydrogens is 172 g/mol. The summed E-state index contributed by atoms with van der Waals surface area (Å²) in [7, 11) is 0. The van der Waals surface area contributed by atoms with E-state index < -0.39 is 0 Å². The summed E-state index contributed by atoms with van der Waals surface area (Å²) in [6, 6.07) is 1.08. The lowest BCUT2D eigenvalue weighted by Gasteiger charge is -2.15. The lowest BCUT2D eigenvalue weighted by Crippen LogP contribution is -2.31. The molecule has 0 saturated heterocycles. The van der Waals surface area contributed by atoms with Gasteiger partial charge in [-0.1, -0.05) is 19.1 Å². The quantitative estimate of drug-likeness (QED) is 0.671. The average Bonchev–Trinajstić information content (AvgIpc) is 2.72. The fourth-order valence-electron chi connectivity index (χ4n) is 2.67. The molecule has 0 aromatic carbocycles. The van der Waals surface area contributed by atoms with Crippen molar-refractivity contribution in [2.45, 2.75) is 44.7 Å². The van der Waals surface area contributed by atoms with E-state index in [1.165, 1.54) is 19.3 Å². The van der Waals surface area contributed by atoms with E-state index in [1.54, 1.807) is 0 Å². The fourth-order valence-corrected chi connectivity index (χ4v) is 2.67. The van der Waals surface area contributed by atoms with E-state index in [2.05, 4.69) is 24.4 Å². The number of nitrogens with two attached hydrogens (primary N) is 1. The molecule has 0 spiro atoms. The van der Waals surface area contributed by atoms with Crippen molar-refractivity contribution in [3.05, 3.63) is 12.2 Å². The molecule has 80 valence electrons. The summed E-state index contributed by atoms with van der Waals surface area (Å²) >= 11 is 0.